The van der Waals surface area contributed by atoms with Crippen molar-refractivity contribution in [1.82, 2.24) is 9.80 Å². The molecular formula is C12H26N4O. The molecule has 0 atom stereocenters. The minimum Gasteiger partial charge on any atom is -0.409 e. The van der Waals surface area contributed by atoms with Crippen LogP contribution in [0.25, 0.3) is 0 Å². The lowest BCUT2D eigenvalue weighted by Crippen LogP contribution is -2.46. The number of rotatable bonds is 5. The van der Waals surface area contributed by atoms with Crippen molar-refractivity contribution in [1.29, 1.82) is 0 Å². The maximum Gasteiger partial charge on any atom is 0.145 e. The van der Waals surface area contributed by atoms with Crippen LogP contribution >= 0.6 is 0 Å². The first-order valence-corrected chi connectivity index (χ1v) is 6.33. The average molecular weight is 242 g/mol. The molecule has 0 saturated carbocycles. The van der Waals surface area contributed by atoms with Crippen molar-refractivity contribution < 1.29 is 5.21 Å². The molecule has 3 N–H and O–H groups in total. The van der Waals surface area contributed by atoms with Gasteiger partial charge >= 0.3 is 0 Å². The molecule has 1 rings (SSSR count). The number of hydrogen-bond donors (Lipinski definition) is 2. The molecule has 0 aromatic carbocycles. The second-order valence-corrected chi connectivity index (χ2v) is 5.54. The molecule has 5 heteroatoms. The Bertz CT molecular complexity index is 257. The molecule has 0 bridgehead atoms. The molecule has 5 nitrogen and oxygen atoms in total. The van der Waals surface area contributed by atoms with E-state index >= 15 is 0 Å². The molecule has 17 heavy (non-hydrogen) atoms. The van der Waals surface area contributed by atoms with E-state index < -0.39 is 0 Å². The van der Waals surface area contributed by atoms with E-state index in [-0.39, 0.29) is 5.41 Å². The summed E-state index contributed by atoms with van der Waals surface area (Å²) in [6.45, 7) is 6.44. The lowest BCUT2D eigenvalue weighted by atomic mass is 9.79. The van der Waals surface area contributed by atoms with E-state index in [9.17, 15) is 0 Å². The molecule has 1 aliphatic heterocycles. The van der Waals surface area contributed by atoms with Crippen LogP contribution in [0, 0.1) is 5.41 Å². The van der Waals surface area contributed by atoms with E-state index in [4.69, 9.17) is 10.9 Å². The molecular weight excluding hydrogens is 216 g/mol. The quantitative estimate of drug-likeness (QED) is 0.324. The van der Waals surface area contributed by atoms with Gasteiger partial charge in [0.1, 0.15) is 5.84 Å². The number of piperidine rings is 1. The summed E-state index contributed by atoms with van der Waals surface area (Å²) in [4.78, 5) is 4.68. The molecule has 1 saturated heterocycles. The third-order valence-corrected chi connectivity index (χ3v) is 3.77. The largest absolute Gasteiger partial charge is 0.409 e. The van der Waals surface area contributed by atoms with Crippen molar-refractivity contribution in [2.45, 2.75) is 26.2 Å². The fourth-order valence-corrected chi connectivity index (χ4v) is 2.26. The van der Waals surface area contributed by atoms with Crippen molar-refractivity contribution in [2.75, 3.05) is 40.3 Å². The van der Waals surface area contributed by atoms with E-state index in [1.807, 2.05) is 0 Å². The van der Waals surface area contributed by atoms with Gasteiger partial charge in [-0.25, -0.2) is 0 Å². The van der Waals surface area contributed by atoms with Crippen LogP contribution in [0.1, 0.15) is 26.2 Å². The van der Waals surface area contributed by atoms with E-state index in [0.717, 1.165) is 39.0 Å². The van der Waals surface area contributed by atoms with Gasteiger partial charge in [0.25, 0.3) is 0 Å². The Hall–Kier alpha value is -0.810. The van der Waals surface area contributed by atoms with Crippen LogP contribution in [0.4, 0.5) is 0 Å². The highest BCUT2D eigenvalue weighted by molar-refractivity contribution is 5.85. The molecule has 1 heterocycles. The van der Waals surface area contributed by atoms with Gasteiger partial charge < -0.3 is 20.7 Å². The van der Waals surface area contributed by atoms with Crippen molar-refractivity contribution in [3.63, 3.8) is 0 Å². The number of nitrogens with zero attached hydrogens (tertiary/aromatic N) is 3. The maximum absolute atomic E-state index is 8.76. The summed E-state index contributed by atoms with van der Waals surface area (Å²) < 4.78 is 0. The first-order valence-electron chi connectivity index (χ1n) is 6.33. The zero-order valence-corrected chi connectivity index (χ0v) is 11.3. The summed E-state index contributed by atoms with van der Waals surface area (Å²) in [5.41, 5.74) is 5.62. The number of hydrogen-bond acceptors (Lipinski definition) is 4. The van der Waals surface area contributed by atoms with Crippen molar-refractivity contribution >= 4 is 5.84 Å². The maximum atomic E-state index is 8.76. The molecule has 0 spiro atoms. The van der Waals surface area contributed by atoms with E-state index in [2.05, 4.69) is 36.0 Å². The second kappa shape index (κ2) is 6.21. The summed E-state index contributed by atoms with van der Waals surface area (Å²) in [7, 11) is 4.21. The molecule has 100 valence electrons. The van der Waals surface area contributed by atoms with Crippen LogP contribution in [0.5, 0.6) is 0 Å². The molecule has 0 unspecified atom stereocenters. The highest BCUT2D eigenvalue weighted by Crippen LogP contribution is 2.30. The fourth-order valence-electron chi connectivity index (χ4n) is 2.26. The normalized spacial score (nSPS) is 22.0. The Morgan fingerprint density at radius 2 is 2.00 bits per heavy atom. The molecule has 1 aliphatic rings. The van der Waals surface area contributed by atoms with Gasteiger partial charge in [-0.05, 0) is 59.5 Å². The first-order chi connectivity index (χ1) is 7.98. The number of amidine groups is 1. The predicted molar refractivity (Wildman–Crippen MR) is 70.4 cm³/mol. The Morgan fingerprint density at radius 1 is 1.41 bits per heavy atom. The second-order valence-electron chi connectivity index (χ2n) is 5.54. The molecule has 0 aromatic heterocycles. The van der Waals surface area contributed by atoms with Crippen LogP contribution in [0.2, 0.25) is 0 Å². The molecule has 1 fully saturated rings. The Kier molecular flexibility index (Phi) is 5.21. The monoisotopic (exact) mass is 242 g/mol. The van der Waals surface area contributed by atoms with Gasteiger partial charge in [0, 0.05) is 5.41 Å². The van der Waals surface area contributed by atoms with Gasteiger partial charge in [0.2, 0.25) is 0 Å². The summed E-state index contributed by atoms with van der Waals surface area (Å²) in [6.07, 6.45) is 3.16. The van der Waals surface area contributed by atoms with Crippen LogP contribution < -0.4 is 5.73 Å². The first kappa shape index (κ1) is 14.3. The minimum absolute atomic E-state index is 0.118. The van der Waals surface area contributed by atoms with Crippen LogP contribution in [0.15, 0.2) is 5.16 Å². The number of oxime groups is 1. The van der Waals surface area contributed by atoms with Crippen molar-refractivity contribution in [2.24, 2.45) is 16.3 Å². The highest BCUT2D eigenvalue weighted by Gasteiger charge is 2.33. The number of likely N-dealkylation sites (tertiary alicyclic amines) is 1. The summed E-state index contributed by atoms with van der Waals surface area (Å²) >= 11 is 0. The SMILES string of the molecule is CN(C)CCCN1CCC(C)(C(N)=NO)CC1. The van der Waals surface area contributed by atoms with Crippen LogP contribution in [-0.2, 0) is 0 Å². The zero-order valence-electron chi connectivity index (χ0n) is 11.3. The van der Waals surface area contributed by atoms with E-state index in [0.29, 0.717) is 5.84 Å². The lowest BCUT2D eigenvalue weighted by Gasteiger charge is -2.38. The summed E-state index contributed by atoms with van der Waals surface area (Å²) in [5.74, 6) is 0.380. The van der Waals surface area contributed by atoms with Gasteiger partial charge in [-0.15, -0.1) is 0 Å². The molecule has 0 aromatic rings. The van der Waals surface area contributed by atoms with Gasteiger partial charge in [-0.1, -0.05) is 12.1 Å². The topological polar surface area (TPSA) is 65.1 Å². The molecule has 0 aliphatic carbocycles. The third-order valence-electron chi connectivity index (χ3n) is 3.77. The standard InChI is InChI=1S/C12H26N4O/c1-12(11(13)14-17)5-9-16(10-6-12)8-4-7-15(2)3/h17H,4-10H2,1-3H3,(H2,13,14). The fraction of sp³-hybridized carbons (Fsp3) is 0.917. The minimum atomic E-state index is -0.118. The summed E-state index contributed by atoms with van der Waals surface area (Å²) in [6, 6.07) is 0. The molecule has 0 amide bonds. The van der Waals surface area contributed by atoms with Gasteiger partial charge in [-0.3, -0.25) is 0 Å². The van der Waals surface area contributed by atoms with E-state index in [1.54, 1.807) is 0 Å². The third kappa shape index (κ3) is 4.16. The average Bonchev–Trinajstić information content (AvgIpc) is 2.30. The predicted octanol–water partition coefficient (Wildman–Crippen LogP) is 0.787. The van der Waals surface area contributed by atoms with Crippen LogP contribution in [-0.4, -0.2) is 61.1 Å². The summed E-state index contributed by atoms with van der Waals surface area (Å²) in [5, 5.41) is 11.9. The Morgan fingerprint density at radius 3 is 2.47 bits per heavy atom. The van der Waals surface area contributed by atoms with Crippen molar-refractivity contribution in [3.05, 3.63) is 0 Å². The molecule has 0 radical (unpaired) electrons. The lowest BCUT2D eigenvalue weighted by molar-refractivity contribution is 0.154. The Balaban J connectivity index is 2.31. The van der Waals surface area contributed by atoms with Crippen LogP contribution in [0.3, 0.4) is 0 Å². The zero-order chi connectivity index (χ0) is 12.9. The van der Waals surface area contributed by atoms with Crippen molar-refractivity contribution in [3.8, 4) is 0 Å². The van der Waals surface area contributed by atoms with Gasteiger partial charge in [0.15, 0.2) is 0 Å². The Labute approximate surface area is 104 Å². The number of nitrogens with two attached hydrogens (primary N) is 1. The highest BCUT2D eigenvalue weighted by atomic mass is 16.4. The smallest absolute Gasteiger partial charge is 0.145 e. The van der Waals surface area contributed by atoms with Gasteiger partial charge in [-0.2, -0.15) is 0 Å². The van der Waals surface area contributed by atoms with E-state index in [1.165, 1.54) is 6.42 Å². The van der Waals surface area contributed by atoms with Gasteiger partial charge in [0.05, 0.1) is 0 Å².